The summed E-state index contributed by atoms with van der Waals surface area (Å²) in [6.45, 7) is 7.08. The lowest BCUT2D eigenvalue weighted by atomic mass is 9.92. The van der Waals surface area contributed by atoms with E-state index in [9.17, 15) is 9.59 Å². The van der Waals surface area contributed by atoms with Gasteiger partial charge in [0.25, 0.3) is 0 Å². The molecule has 2 nitrogen and oxygen atoms in total. The number of allylic oxidation sites excluding steroid dienone is 6. The monoisotopic (exact) mass is 188 g/mol. The molecule has 72 valence electrons. The first kappa shape index (κ1) is 10.4. The van der Waals surface area contributed by atoms with Crippen molar-refractivity contribution in [3.8, 4) is 0 Å². The summed E-state index contributed by atoms with van der Waals surface area (Å²) < 4.78 is 0. The largest absolute Gasteiger partial charge is 0.290 e. The van der Waals surface area contributed by atoms with Gasteiger partial charge >= 0.3 is 0 Å². The highest BCUT2D eigenvalue weighted by molar-refractivity contribution is 6.20. The molecule has 0 N–H and O–H groups in total. The Morgan fingerprint density at radius 3 is 1.79 bits per heavy atom. The Labute approximate surface area is 83.3 Å². The zero-order valence-electron chi connectivity index (χ0n) is 7.95. The molecule has 0 heterocycles. The Morgan fingerprint density at radius 2 is 1.43 bits per heavy atom. The minimum absolute atomic E-state index is 0.0654. The molecule has 0 saturated heterocycles. The van der Waals surface area contributed by atoms with Crippen molar-refractivity contribution >= 4 is 11.6 Å². The molecule has 1 rings (SSSR count). The second-order valence-electron chi connectivity index (χ2n) is 3.06. The number of carbonyl (C=O) groups excluding carboxylic acids is 2. The minimum atomic E-state index is -0.127. The standard InChI is InChI=1S/C12H12O2/c1-3-5-9-7-11(13)8-10(6-4-2)12(9)14/h3-4,7-8H,1-2,5-6H2. The molecule has 1 aliphatic carbocycles. The number of hydrogen-bond acceptors (Lipinski definition) is 2. The summed E-state index contributed by atoms with van der Waals surface area (Å²) in [6, 6.07) is 0. The van der Waals surface area contributed by atoms with Crippen LogP contribution < -0.4 is 0 Å². The molecule has 0 amide bonds. The van der Waals surface area contributed by atoms with Crippen LogP contribution in [-0.4, -0.2) is 11.6 Å². The van der Waals surface area contributed by atoms with Gasteiger partial charge in [-0.1, -0.05) is 12.2 Å². The SMILES string of the molecule is C=CCC1=CC(=O)C=C(CC=C)C1=O. The third kappa shape index (κ3) is 2.16. The van der Waals surface area contributed by atoms with Crippen LogP contribution >= 0.6 is 0 Å². The number of rotatable bonds is 4. The zero-order chi connectivity index (χ0) is 10.6. The van der Waals surface area contributed by atoms with Crippen LogP contribution in [0.5, 0.6) is 0 Å². The van der Waals surface area contributed by atoms with E-state index in [0.717, 1.165) is 0 Å². The summed E-state index contributed by atoms with van der Waals surface area (Å²) >= 11 is 0. The number of carbonyl (C=O) groups is 2. The first-order valence-corrected chi connectivity index (χ1v) is 4.40. The molecule has 0 aromatic heterocycles. The van der Waals surface area contributed by atoms with Crippen LogP contribution in [0.15, 0.2) is 48.6 Å². The van der Waals surface area contributed by atoms with Gasteiger partial charge in [-0.2, -0.15) is 0 Å². The third-order valence-corrected chi connectivity index (χ3v) is 1.94. The van der Waals surface area contributed by atoms with E-state index in [1.165, 1.54) is 12.2 Å². The minimum Gasteiger partial charge on any atom is -0.290 e. The fraction of sp³-hybridized carbons (Fsp3) is 0.167. The fourth-order valence-electron chi connectivity index (χ4n) is 1.34. The Hall–Kier alpha value is -1.70. The molecule has 0 saturated carbocycles. The van der Waals surface area contributed by atoms with Gasteiger partial charge in [-0.25, -0.2) is 0 Å². The van der Waals surface area contributed by atoms with Crippen molar-refractivity contribution in [1.82, 2.24) is 0 Å². The number of Topliss-reactive ketones (excluding diaryl/α,β-unsaturated/α-hetero) is 1. The molecule has 1 aliphatic rings. The highest BCUT2D eigenvalue weighted by Gasteiger charge is 2.19. The van der Waals surface area contributed by atoms with Crippen molar-refractivity contribution in [3.63, 3.8) is 0 Å². The van der Waals surface area contributed by atoms with Gasteiger partial charge in [-0.3, -0.25) is 9.59 Å². The van der Waals surface area contributed by atoms with E-state index in [0.29, 0.717) is 24.0 Å². The first-order valence-electron chi connectivity index (χ1n) is 4.40. The van der Waals surface area contributed by atoms with Crippen LogP contribution in [0, 0.1) is 0 Å². The molecule has 14 heavy (non-hydrogen) atoms. The topological polar surface area (TPSA) is 34.1 Å². The Bertz CT molecular complexity index is 325. The molecule has 0 bridgehead atoms. The van der Waals surface area contributed by atoms with Gasteiger partial charge in [-0.05, 0) is 25.0 Å². The molecule has 0 aromatic carbocycles. The van der Waals surface area contributed by atoms with E-state index >= 15 is 0 Å². The second kappa shape index (κ2) is 4.51. The van der Waals surface area contributed by atoms with Gasteiger partial charge in [0.1, 0.15) is 0 Å². The average Bonchev–Trinajstić information content (AvgIpc) is 2.14. The average molecular weight is 188 g/mol. The highest BCUT2D eigenvalue weighted by Crippen LogP contribution is 2.18. The summed E-state index contributed by atoms with van der Waals surface area (Å²) in [5.41, 5.74) is 1.04. The Kier molecular flexibility index (Phi) is 3.35. The van der Waals surface area contributed by atoms with Crippen LogP contribution in [0.25, 0.3) is 0 Å². The van der Waals surface area contributed by atoms with Crippen LogP contribution in [0.2, 0.25) is 0 Å². The Balaban J connectivity index is 2.93. The summed E-state index contributed by atoms with van der Waals surface area (Å²) in [6.07, 6.45) is 6.87. The summed E-state index contributed by atoms with van der Waals surface area (Å²) in [4.78, 5) is 22.9. The van der Waals surface area contributed by atoms with Gasteiger partial charge < -0.3 is 0 Å². The van der Waals surface area contributed by atoms with E-state index in [2.05, 4.69) is 13.2 Å². The van der Waals surface area contributed by atoms with Crippen LogP contribution in [-0.2, 0) is 9.59 Å². The Morgan fingerprint density at radius 1 is 1.00 bits per heavy atom. The van der Waals surface area contributed by atoms with Crippen molar-refractivity contribution in [1.29, 1.82) is 0 Å². The molecule has 0 spiro atoms. The molecule has 0 aromatic rings. The van der Waals surface area contributed by atoms with Crippen LogP contribution in [0.4, 0.5) is 0 Å². The van der Waals surface area contributed by atoms with Crippen molar-refractivity contribution in [2.45, 2.75) is 12.8 Å². The maximum atomic E-state index is 11.7. The van der Waals surface area contributed by atoms with Crippen molar-refractivity contribution in [2.75, 3.05) is 0 Å². The first-order chi connectivity index (χ1) is 6.69. The smallest absolute Gasteiger partial charge is 0.185 e. The van der Waals surface area contributed by atoms with Crippen molar-refractivity contribution < 1.29 is 9.59 Å². The summed E-state index contributed by atoms with van der Waals surface area (Å²) in [5, 5.41) is 0. The molecule has 0 unspecified atom stereocenters. The summed E-state index contributed by atoms with van der Waals surface area (Å²) in [7, 11) is 0. The quantitative estimate of drug-likeness (QED) is 0.500. The fourth-order valence-corrected chi connectivity index (χ4v) is 1.34. The van der Waals surface area contributed by atoms with E-state index in [1.54, 1.807) is 12.2 Å². The van der Waals surface area contributed by atoms with Gasteiger partial charge in [0.15, 0.2) is 11.6 Å². The summed E-state index contributed by atoms with van der Waals surface area (Å²) in [5.74, 6) is -0.192. The van der Waals surface area contributed by atoms with E-state index in [-0.39, 0.29) is 11.6 Å². The van der Waals surface area contributed by atoms with E-state index in [4.69, 9.17) is 0 Å². The number of ketones is 2. The third-order valence-electron chi connectivity index (χ3n) is 1.94. The molecule has 0 aliphatic heterocycles. The maximum Gasteiger partial charge on any atom is 0.185 e. The molecule has 2 heteroatoms. The lowest BCUT2D eigenvalue weighted by Crippen LogP contribution is -2.13. The highest BCUT2D eigenvalue weighted by atomic mass is 16.1. The molecule has 0 fully saturated rings. The molecule has 0 atom stereocenters. The molecular weight excluding hydrogens is 176 g/mol. The van der Waals surface area contributed by atoms with Gasteiger partial charge in [-0.15, -0.1) is 13.2 Å². The van der Waals surface area contributed by atoms with Crippen LogP contribution in [0.1, 0.15) is 12.8 Å². The predicted molar refractivity (Wildman–Crippen MR) is 55.8 cm³/mol. The van der Waals surface area contributed by atoms with E-state index < -0.39 is 0 Å². The number of hydrogen-bond donors (Lipinski definition) is 0. The van der Waals surface area contributed by atoms with Crippen molar-refractivity contribution in [2.24, 2.45) is 0 Å². The maximum absolute atomic E-state index is 11.7. The lowest BCUT2D eigenvalue weighted by molar-refractivity contribution is -0.115. The zero-order valence-corrected chi connectivity index (χ0v) is 7.95. The van der Waals surface area contributed by atoms with Gasteiger partial charge in [0.2, 0.25) is 0 Å². The lowest BCUT2D eigenvalue weighted by Gasteiger charge is -2.10. The van der Waals surface area contributed by atoms with Crippen molar-refractivity contribution in [3.05, 3.63) is 48.6 Å². The van der Waals surface area contributed by atoms with Gasteiger partial charge in [0.05, 0.1) is 0 Å². The van der Waals surface area contributed by atoms with Gasteiger partial charge in [0, 0.05) is 11.1 Å². The normalized spacial score (nSPS) is 16.0. The van der Waals surface area contributed by atoms with E-state index in [1.807, 2.05) is 0 Å². The second-order valence-corrected chi connectivity index (χ2v) is 3.06. The molecule has 0 radical (unpaired) electrons. The molecular formula is C12H12O2. The predicted octanol–water partition coefficient (Wildman–Crippen LogP) is 2.14. The van der Waals surface area contributed by atoms with Crippen LogP contribution in [0.3, 0.4) is 0 Å².